The standard InChI is InChI=1S/C21H26N2O7/c22-24-13-14-1-5-16(6-2-14)25-21-20(26-21)15-3-7-17(8-4-15)27-28-18-9-11-19(12-10-18)29-30-23/h1-2,5-6,9-12,15,17,20-21H,3-4,7-8,13,22-23H2. The van der Waals surface area contributed by atoms with E-state index in [1.807, 2.05) is 24.3 Å². The monoisotopic (exact) mass is 418 g/mol. The van der Waals surface area contributed by atoms with Gasteiger partial charge in [0.2, 0.25) is 6.29 Å². The summed E-state index contributed by atoms with van der Waals surface area (Å²) < 4.78 is 11.7. The third kappa shape index (κ3) is 5.60. The molecule has 2 aromatic rings. The van der Waals surface area contributed by atoms with E-state index in [0.29, 0.717) is 24.0 Å². The Morgan fingerprint density at radius 3 is 2.07 bits per heavy atom. The van der Waals surface area contributed by atoms with Crippen molar-refractivity contribution < 1.29 is 34.0 Å². The van der Waals surface area contributed by atoms with Gasteiger partial charge in [-0.25, -0.2) is 5.90 Å². The summed E-state index contributed by atoms with van der Waals surface area (Å²) >= 11 is 0. The van der Waals surface area contributed by atoms with Crippen LogP contribution in [0.4, 0.5) is 0 Å². The van der Waals surface area contributed by atoms with Gasteiger partial charge in [0, 0.05) is 0 Å². The lowest BCUT2D eigenvalue weighted by Gasteiger charge is -2.26. The number of epoxide rings is 1. The molecule has 0 bridgehead atoms. The zero-order chi connectivity index (χ0) is 20.8. The first-order valence-corrected chi connectivity index (χ1v) is 9.94. The first kappa shape index (κ1) is 20.9. The van der Waals surface area contributed by atoms with E-state index in [0.717, 1.165) is 37.0 Å². The molecule has 2 fully saturated rings. The SMILES string of the molecule is NOCc1ccc(OC2OC2C2CCC(OOc3ccc(OON)cc3)CC2)cc1. The summed E-state index contributed by atoms with van der Waals surface area (Å²) in [4.78, 5) is 24.4. The summed E-state index contributed by atoms with van der Waals surface area (Å²) in [6, 6.07) is 14.4. The van der Waals surface area contributed by atoms with E-state index in [-0.39, 0.29) is 18.5 Å². The van der Waals surface area contributed by atoms with Crippen LogP contribution in [-0.2, 0) is 26.1 Å². The highest BCUT2D eigenvalue weighted by atomic mass is 17.3. The molecule has 2 aromatic carbocycles. The Morgan fingerprint density at radius 1 is 0.800 bits per heavy atom. The molecule has 1 aliphatic heterocycles. The number of rotatable bonds is 10. The van der Waals surface area contributed by atoms with Gasteiger partial charge in [0.15, 0.2) is 11.5 Å². The largest absolute Gasteiger partial charge is 0.462 e. The summed E-state index contributed by atoms with van der Waals surface area (Å²) in [5.41, 5.74) is 0.993. The van der Waals surface area contributed by atoms with Gasteiger partial charge in [0.1, 0.15) is 18.0 Å². The van der Waals surface area contributed by atoms with Gasteiger partial charge < -0.3 is 19.2 Å². The van der Waals surface area contributed by atoms with Crippen molar-refractivity contribution in [1.29, 1.82) is 0 Å². The van der Waals surface area contributed by atoms with E-state index in [1.165, 1.54) is 0 Å². The predicted molar refractivity (Wildman–Crippen MR) is 105 cm³/mol. The molecule has 4 N–H and O–H groups in total. The van der Waals surface area contributed by atoms with Gasteiger partial charge in [-0.15, -0.1) is 0 Å². The van der Waals surface area contributed by atoms with Crippen LogP contribution in [0.25, 0.3) is 0 Å². The van der Waals surface area contributed by atoms with E-state index < -0.39 is 0 Å². The maximum atomic E-state index is 5.91. The van der Waals surface area contributed by atoms with Crippen LogP contribution in [0.2, 0.25) is 0 Å². The molecule has 1 aliphatic carbocycles. The minimum atomic E-state index is -0.182. The highest BCUT2D eigenvalue weighted by molar-refractivity contribution is 5.30. The molecule has 4 rings (SSSR count). The fourth-order valence-corrected chi connectivity index (χ4v) is 3.68. The number of hydrogen-bond donors (Lipinski definition) is 2. The van der Waals surface area contributed by atoms with Crippen LogP contribution >= 0.6 is 0 Å². The van der Waals surface area contributed by atoms with Crippen LogP contribution in [0.3, 0.4) is 0 Å². The zero-order valence-corrected chi connectivity index (χ0v) is 16.5. The fourth-order valence-electron chi connectivity index (χ4n) is 3.68. The molecule has 9 heteroatoms. The van der Waals surface area contributed by atoms with E-state index >= 15 is 0 Å². The molecule has 0 amide bonds. The Bertz CT molecular complexity index is 779. The molecular formula is C21H26N2O7. The topological polar surface area (TPSA) is 120 Å². The minimum absolute atomic E-state index is 0.0555. The summed E-state index contributed by atoms with van der Waals surface area (Å²) in [7, 11) is 0. The molecule has 1 saturated heterocycles. The van der Waals surface area contributed by atoms with Gasteiger partial charge in [-0.05, 0) is 73.6 Å². The Hall–Kier alpha value is -2.40. The van der Waals surface area contributed by atoms with Crippen LogP contribution in [0, 0.1) is 5.92 Å². The summed E-state index contributed by atoms with van der Waals surface area (Å²) in [5.74, 6) is 12.2. The second-order valence-corrected chi connectivity index (χ2v) is 7.41. The normalized spacial score (nSPS) is 25.5. The van der Waals surface area contributed by atoms with Crippen LogP contribution in [0.5, 0.6) is 17.2 Å². The number of nitrogens with two attached hydrogens (primary N) is 2. The molecule has 0 spiro atoms. The van der Waals surface area contributed by atoms with Crippen molar-refractivity contribution in [1.82, 2.24) is 0 Å². The number of hydrogen-bond acceptors (Lipinski definition) is 9. The van der Waals surface area contributed by atoms with E-state index in [1.54, 1.807) is 24.3 Å². The van der Waals surface area contributed by atoms with Gasteiger partial charge in [-0.2, -0.15) is 10.8 Å². The summed E-state index contributed by atoms with van der Waals surface area (Å²) in [6.07, 6.45) is 3.84. The van der Waals surface area contributed by atoms with Gasteiger partial charge in [-0.3, -0.25) is 4.84 Å². The van der Waals surface area contributed by atoms with Crippen LogP contribution in [0.15, 0.2) is 48.5 Å². The summed E-state index contributed by atoms with van der Waals surface area (Å²) in [6.45, 7) is 0.376. The highest BCUT2D eigenvalue weighted by Gasteiger charge is 2.48. The minimum Gasteiger partial charge on any atom is -0.462 e. The van der Waals surface area contributed by atoms with Crippen molar-refractivity contribution in [2.45, 2.75) is 50.8 Å². The maximum absolute atomic E-state index is 5.91. The van der Waals surface area contributed by atoms with E-state index in [9.17, 15) is 0 Å². The Balaban J connectivity index is 1.15. The molecule has 0 radical (unpaired) electrons. The molecule has 9 nitrogen and oxygen atoms in total. The smallest absolute Gasteiger partial charge is 0.227 e. The van der Waals surface area contributed by atoms with Crippen molar-refractivity contribution in [3.05, 3.63) is 54.1 Å². The third-order valence-corrected chi connectivity index (χ3v) is 5.34. The Morgan fingerprint density at radius 2 is 1.43 bits per heavy atom. The molecule has 2 aliphatic rings. The van der Waals surface area contributed by atoms with Crippen molar-refractivity contribution in [2.24, 2.45) is 17.7 Å². The van der Waals surface area contributed by atoms with Crippen LogP contribution < -0.4 is 26.3 Å². The fraction of sp³-hybridized carbons (Fsp3) is 0.429. The lowest BCUT2D eigenvalue weighted by Crippen LogP contribution is -2.26. The number of ether oxygens (including phenoxy) is 2. The molecule has 2 atom stereocenters. The zero-order valence-electron chi connectivity index (χ0n) is 16.5. The van der Waals surface area contributed by atoms with Gasteiger partial charge >= 0.3 is 0 Å². The van der Waals surface area contributed by atoms with E-state index in [4.69, 9.17) is 35.9 Å². The lowest BCUT2D eigenvalue weighted by atomic mass is 9.85. The van der Waals surface area contributed by atoms with Crippen LogP contribution in [0.1, 0.15) is 31.2 Å². The van der Waals surface area contributed by atoms with Gasteiger partial charge in [0.25, 0.3) is 0 Å². The van der Waals surface area contributed by atoms with Gasteiger partial charge in [0.05, 0.1) is 6.61 Å². The summed E-state index contributed by atoms with van der Waals surface area (Å²) in [5, 5.41) is 0. The van der Waals surface area contributed by atoms with Crippen molar-refractivity contribution in [3.8, 4) is 17.2 Å². The first-order valence-electron chi connectivity index (χ1n) is 9.94. The van der Waals surface area contributed by atoms with Crippen molar-refractivity contribution in [3.63, 3.8) is 0 Å². The lowest BCUT2D eigenvalue weighted by molar-refractivity contribution is -0.252. The Kier molecular flexibility index (Phi) is 7.00. The Labute approximate surface area is 174 Å². The molecule has 1 saturated carbocycles. The molecular weight excluding hydrogens is 392 g/mol. The highest BCUT2D eigenvalue weighted by Crippen LogP contribution is 2.40. The molecule has 30 heavy (non-hydrogen) atoms. The molecule has 162 valence electrons. The predicted octanol–water partition coefficient (Wildman–Crippen LogP) is 2.93. The second-order valence-electron chi connectivity index (χ2n) is 7.41. The van der Waals surface area contributed by atoms with Crippen molar-refractivity contribution >= 4 is 0 Å². The number of benzene rings is 2. The average molecular weight is 418 g/mol. The van der Waals surface area contributed by atoms with Crippen LogP contribution in [-0.4, -0.2) is 18.5 Å². The van der Waals surface area contributed by atoms with Crippen molar-refractivity contribution in [2.75, 3.05) is 0 Å². The third-order valence-electron chi connectivity index (χ3n) is 5.34. The first-order chi connectivity index (χ1) is 14.7. The molecule has 0 aromatic heterocycles. The quantitative estimate of drug-likeness (QED) is 0.341. The van der Waals surface area contributed by atoms with Gasteiger partial charge in [-0.1, -0.05) is 17.1 Å². The molecule has 1 heterocycles. The maximum Gasteiger partial charge on any atom is 0.227 e. The second kappa shape index (κ2) is 10.1. The molecule has 2 unspecified atom stereocenters. The average Bonchev–Trinajstić information content (AvgIpc) is 3.54. The van der Waals surface area contributed by atoms with E-state index in [2.05, 4.69) is 9.83 Å².